The van der Waals surface area contributed by atoms with Gasteiger partial charge in [-0.2, -0.15) is 0 Å². The van der Waals surface area contributed by atoms with Crippen molar-refractivity contribution in [2.24, 2.45) is 0 Å². The molecule has 1 heterocycles. The lowest BCUT2D eigenvalue weighted by Crippen LogP contribution is -2.03. The van der Waals surface area contributed by atoms with E-state index in [1.165, 1.54) is 0 Å². The number of nitrogens with one attached hydrogen (secondary N) is 1. The van der Waals surface area contributed by atoms with E-state index in [0.29, 0.717) is 12.2 Å². The highest BCUT2D eigenvalue weighted by Crippen LogP contribution is 2.23. The first-order valence-corrected chi connectivity index (χ1v) is 6.84. The predicted octanol–water partition coefficient (Wildman–Crippen LogP) is 3.13. The Morgan fingerprint density at radius 1 is 1.14 bits per heavy atom. The number of carbonyl (C=O) groups is 1. The first kappa shape index (κ1) is 13.9. The summed E-state index contributed by atoms with van der Waals surface area (Å²) in [6.45, 7) is 0.566. The fourth-order valence-corrected chi connectivity index (χ4v) is 2.29. The fraction of sp³-hybridized carbons (Fsp3) is 0.0588. The zero-order chi connectivity index (χ0) is 15.5. The maximum atomic E-state index is 10.8. The highest BCUT2D eigenvalue weighted by molar-refractivity contribution is 5.93. The van der Waals surface area contributed by atoms with E-state index in [1.54, 1.807) is 30.5 Å². The summed E-state index contributed by atoms with van der Waals surface area (Å²) < 4.78 is 0. The Labute approximate surface area is 127 Å². The second-order valence-electron chi connectivity index (χ2n) is 5.00. The van der Waals surface area contributed by atoms with Gasteiger partial charge in [0, 0.05) is 23.8 Å². The van der Waals surface area contributed by atoms with Gasteiger partial charge in [-0.25, -0.2) is 9.78 Å². The molecule has 2 aromatic carbocycles. The average Bonchev–Trinajstić information content (AvgIpc) is 2.52. The van der Waals surface area contributed by atoms with Crippen molar-refractivity contribution < 1.29 is 9.90 Å². The van der Waals surface area contributed by atoms with Crippen LogP contribution < -0.4 is 11.1 Å². The molecule has 0 unspecified atom stereocenters. The summed E-state index contributed by atoms with van der Waals surface area (Å²) in [5, 5.41) is 14.2. The maximum Gasteiger partial charge on any atom is 0.335 e. The number of aromatic nitrogens is 1. The van der Waals surface area contributed by atoms with Gasteiger partial charge in [0.15, 0.2) is 0 Å². The number of hydrogen-bond donors (Lipinski definition) is 3. The van der Waals surface area contributed by atoms with Crippen molar-refractivity contribution in [2.45, 2.75) is 6.54 Å². The lowest BCUT2D eigenvalue weighted by atomic mass is 10.1. The topological polar surface area (TPSA) is 88.2 Å². The van der Waals surface area contributed by atoms with Crippen molar-refractivity contribution >= 4 is 28.2 Å². The zero-order valence-corrected chi connectivity index (χ0v) is 11.8. The number of nitrogen functional groups attached to an aromatic ring is 1. The molecule has 5 heteroatoms. The van der Waals surface area contributed by atoms with Gasteiger partial charge in [-0.3, -0.25) is 0 Å². The van der Waals surface area contributed by atoms with E-state index < -0.39 is 5.97 Å². The molecule has 0 saturated heterocycles. The van der Waals surface area contributed by atoms with E-state index >= 15 is 0 Å². The third-order valence-corrected chi connectivity index (χ3v) is 3.45. The van der Waals surface area contributed by atoms with Crippen molar-refractivity contribution in [3.05, 3.63) is 65.9 Å². The molecule has 0 bridgehead atoms. The van der Waals surface area contributed by atoms with Crippen molar-refractivity contribution in [1.82, 2.24) is 4.98 Å². The molecule has 0 atom stereocenters. The molecule has 0 amide bonds. The number of fused-ring (bicyclic) bond motifs is 1. The second-order valence-corrected chi connectivity index (χ2v) is 5.00. The molecule has 4 N–H and O–H groups in total. The highest BCUT2D eigenvalue weighted by Gasteiger charge is 2.04. The van der Waals surface area contributed by atoms with Crippen molar-refractivity contribution in [3.8, 4) is 0 Å². The first-order valence-electron chi connectivity index (χ1n) is 6.84. The van der Waals surface area contributed by atoms with Gasteiger partial charge in [0.05, 0.1) is 5.56 Å². The third-order valence-electron chi connectivity index (χ3n) is 3.45. The molecule has 0 radical (unpaired) electrons. The highest BCUT2D eigenvalue weighted by atomic mass is 16.4. The molecule has 110 valence electrons. The Morgan fingerprint density at radius 2 is 1.91 bits per heavy atom. The van der Waals surface area contributed by atoms with Gasteiger partial charge in [-0.05, 0) is 47.3 Å². The van der Waals surface area contributed by atoms with E-state index in [4.69, 9.17) is 10.8 Å². The van der Waals surface area contributed by atoms with Crippen LogP contribution in [-0.4, -0.2) is 16.1 Å². The van der Waals surface area contributed by atoms with Crippen LogP contribution in [0.3, 0.4) is 0 Å². The predicted molar refractivity (Wildman–Crippen MR) is 86.9 cm³/mol. The third kappa shape index (κ3) is 2.83. The van der Waals surface area contributed by atoms with Crippen LogP contribution in [0.5, 0.6) is 0 Å². The molecule has 22 heavy (non-hydrogen) atoms. The van der Waals surface area contributed by atoms with E-state index in [9.17, 15) is 4.79 Å². The molecule has 1 aromatic heterocycles. The molecule has 0 aliphatic rings. The summed E-state index contributed by atoms with van der Waals surface area (Å²) in [6, 6.07) is 14.4. The van der Waals surface area contributed by atoms with Crippen LogP contribution in [0.4, 0.5) is 11.5 Å². The van der Waals surface area contributed by atoms with E-state index in [2.05, 4.69) is 10.3 Å². The van der Waals surface area contributed by atoms with Crippen molar-refractivity contribution in [2.75, 3.05) is 11.1 Å². The molecule has 3 aromatic rings. The SMILES string of the molecule is Nc1ccc2c(NCc3ccc(C(=O)O)cc3)nccc2c1. The van der Waals surface area contributed by atoms with Gasteiger partial charge in [0.1, 0.15) is 5.82 Å². The smallest absolute Gasteiger partial charge is 0.335 e. The van der Waals surface area contributed by atoms with Crippen molar-refractivity contribution in [1.29, 1.82) is 0 Å². The molecule has 0 aliphatic heterocycles. The second kappa shape index (κ2) is 5.73. The number of nitrogens with zero attached hydrogens (tertiary/aromatic N) is 1. The maximum absolute atomic E-state index is 10.8. The van der Waals surface area contributed by atoms with Crippen LogP contribution in [-0.2, 0) is 6.54 Å². The quantitative estimate of drug-likeness (QED) is 0.643. The number of hydrogen-bond acceptors (Lipinski definition) is 4. The first-order chi connectivity index (χ1) is 10.6. The minimum atomic E-state index is -0.923. The zero-order valence-electron chi connectivity index (χ0n) is 11.8. The normalized spacial score (nSPS) is 10.5. The monoisotopic (exact) mass is 293 g/mol. The molecule has 5 nitrogen and oxygen atoms in total. The number of nitrogens with two attached hydrogens (primary N) is 1. The fourth-order valence-electron chi connectivity index (χ4n) is 2.29. The minimum absolute atomic E-state index is 0.280. The largest absolute Gasteiger partial charge is 0.478 e. The number of carboxylic acid groups (broad SMARTS) is 1. The number of carboxylic acids is 1. The number of pyridine rings is 1. The number of aromatic carboxylic acids is 1. The van der Waals surface area contributed by atoms with E-state index in [-0.39, 0.29) is 5.56 Å². The van der Waals surface area contributed by atoms with Crippen molar-refractivity contribution in [3.63, 3.8) is 0 Å². The Bertz CT molecular complexity index is 829. The molecule has 0 fully saturated rings. The summed E-state index contributed by atoms with van der Waals surface area (Å²) in [6.07, 6.45) is 1.73. The number of benzene rings is 2. The Kier molecular flexibility index (Phi) is 3.62. The summed E-state index contributed by atoms with van der Waals surface area (Å²) in [4.78, 5) is 15.2. The number of rotatable bonds is 4. The van der Waals surface area contributed by atoms with Gasteiger partial charge < -0.3 is 16.2 Å². The van der Waals surface area contributed by atoms with Gasteiger partial charge in [0.2, 0.25) is 0 Å². The molecule has 0 aliphatic carbocycles. The Morgan fingerprint density at radius 3 is 2.64 bits per heavy atom. The van der Waals surface area contributed by atoms with Gasteiger partial charge in [-0.1, -0.05) is 12.1 Å². The van der Waals surface area contributed by atoms with Gasteiger partial charge >= 0.3 is 5.97 Å². The average molecular weight is 293 g/mol. The Balaban J connectivity index is 1.80. The standard InChI is InChI=1S/C17H15N3O2/c18-14-5-6-15-13(9-14)7-8-19-16(15)20-10-11-1-3-12(4-2-11)17(21)22/h1-9H,10,18H2,(H,19,20)(H,21,22). The van der Waals surface area contributed by atoms with E-state index in [0.717, 1.165) is 22.2 Å². The molecular weight excluding hydrogens is 278 g/mol. The lowest BCUT2D eigenvalue weighted by Gasteiger charge is -2.09. The van der Waals surface area contributed by atoms with Crippen LogP contribution in [0, 0.1) is 0 Å². The van der Waals surface area contributed by atoms with E-state index in [1.807, 2.05) is 24.3 Å². The lowest BCUT2D eigenvalue weighted by molar-refractivity contribution is 0.0697. The summed E-state index contributed by atoms with van der Waals surface area (Å²) in [5.74, 6) is -0.146. The van der Waals surface area contributed by atoms with Crippen LogP contribution in [0.2, 0.25) is 0 Å². The summed E-state index contributed by atoms with van der Waals surface area (Å²) in [5.41, 5.74) is 7.77. The Hall–Kier alpha value is -3.08. The molecule has 3 rings (SSSR count). The van der Waals surface area contributed by atoms with Crippen LogP contribution in [0.25, 0.3) is 10.8 Å². The van der Waals surface area contributed by atoms with Crippen LogP contribution >= 0.6 is 0 Å². The van der Waals surface area contributed by atoms with Gasteiger partial charge in [0.25, 0.3) is 0 Å². The number of anilines is 2. The summed E-state index contributed by atoms with van der Waals surface area (Å²) in [7, 11) is 0. The molecule has 0 spiro atoms. The van der Waals surface area contributed by atoms with Crippen LogP contribution in [0.15, 0.2) is 54.7 Å². The molecule has 0 saturated carbocycles. The summed E-state index contributed by atoms with van der Waals surface area (Å²) >= 11 is 0. The van der Waals surface area contributed by atoms with Crippen LogP contribution in [0.1, 0.15) is 15.9 Å². The minimum Gasteiger partial charge on any atom is -0.478 e. The van der Waals surface area contributed by atoms with Gasteiger partial charge in [-0.15, -0.1) is 0 Å². The molecular formula is C17H15N3O2.